The van der Waals surface area contributed by atoms with Crippen LogP contribution in [-0.4, -0.2) is 10.6 Å². The van der Waals surface area contributed by atoms with E-state index in [-0.39, 0.29) is 11.5 Å². The number of benzene rings is 3. The van der Waals surface area contributed by atoms with Crippen molar-refractivity contribution in [1.29, 1.82) is 0 Å². The number of para-hydroxylation sites is 1. The molecule has 0 fully saturated rings. The first-order valence-corrected chi connectivity index (χ1v) is 21.2. The van der Waals surface area contributed by atoms with Crippen molar-refractivity contribution in [1.82, 2.24) is 9.88 Å². The Morgan fingerprint density at radius 3 is 2.40 bits per heavy atom. The maximum absolute atomic E-state index is 4.10. The summed E-state index contributed by atoms with van der Waals surface area (Å²) >= 11 is 0. The van der Waals surface area contributed by atoms with Gasteiger partial charge in [-0.1, -0.05) is 171 Å². The number of allylic oxidation sites excluding steroid dienone is 19. The quantitative estimate of drug-likeness (QED) is 0.190. The van der Waals surface area contributed by atoms with Crippen LogP contribution in [-0.2, 0) is 11.8 Å². The molecule has 2 nitrogen and oxygen atoms in total. The van der Waals surface area contributed by atoms with E-state index in [0.717, 1.165) is 51.4 Å². The van der Waals surface area contributed by atoms with Crippen molar-refractivity contribution in [3.8, 4) is 0 Å². The molecule has 4 unspecified atom stereocenters. The van der Waals surface area contributed by atoms with Crippen molar-refractivity contribution in [2.24, 2.45) is 5.92 Å². The lowest BCUT2D eigenvalue weighted by atomic mass is 9.74. The van der Waals surface area contributed by atoms with E-state index in [2.05, 4.69) is 193 Å². The van der Waals surface area contributed by atoms with E-state index in [9.17, 15) is 0 Å². The monoisotopic (exact) mass is 740 g/mol. The van der Waals surface area contributed by atoms with Gasteiger partial charge < -0.3 is 9.88 Å². The molecule has 282 valence electrons. The number of nitrogens with zero attached hydrogens (tertiary/aromatic N) is 1. The van der Waals surface area contributed by atoms with Crippen molar-refractivity contribution in [3.05, 3.63) is 220 Å². The zero-order chi connectivity index (χ0) is 38.2. The third-order valence-electron chi connectivity index (χ3n) is 13.1. The molecule has 0 bridgehead atoms. The summed E-state index contributed by atoms with van der Waals surface area (Å²) in [6.45, 7) is 2.42. The third-order valence-corrected chi connectivity index (χ3v) is 13.1. The lowest BCUT2D eigenvalue weighted by molar-refractivity contribution is 0.572. The van der Waals surface area contributed by atoms with E-state index in [0.29, 0.717) is 11.8 Å². The fourth-order valence-corrected chi connectivity index (χ4v) is 10.1. The van der Waals surface area contributed by atoms with Crippen LogP contribution in [0.4, 0.5) is 0 Å². The standard InChI is InChI=1S/C55H52N2/c1-55(33-32-51-50-25-12-14-27-53(50)57(54(51)38-55)48-23-15-22-43(37-48)39-16-5-2-6-17-39)46-30-28-42(29-31-46)49-24-11-13-26-52(49)56-47-35-44(40-18-7-3-8-19-40)34-45(36-47)41-20-9-4-10-21-41/h2-9,11-12,14-18,20,22-25,27-35,40,43,47,56H,10,13,19,21,26,36-38H2,1H3. The molecule has 1 heterocycles. The molecule has 6 aliphatic carbocycles. The predicted octanol–water partition coefficient (Wildman–Crippen LogP) is 13.4. The molecule has 4 atom stereocenters. The first-order valence-electron chi connectivity index (χ1n) is 21.2. The summed E-state index contributed by atoms with van der Waals surface area (Å²) in [5.41, 5.74) is 16.5. The second-order valence-electron chi connectivity index (χ2n) is 16.9. The van der Waals surface area contributed by atoms with Gasteiger partial charge in [-0.2, -0.15) is 0 Å². The van der Waals surface area contributed by atoms with E-state index >= 15 is 0 Å². The van der Waals surface area contributed by atoms with Crippen LogP contribution in [0.5, 0.6) is 0 Å². The van der Waals surface area contributed by atoms with Crippen LogP contribution in [0.1, 0.15) is 85.7 Å². The molecular formula is C55H52N2. The number of hydrogen-bond acceptors (Lipinski definition) is 1. The zero-order valence-corrected chi connectivity index (χ0v) is 33.1. The molecule has 57 heavy (non-hydrogen) atoms. The van der Waals surface area contributed by atoms with Crippen molar-refractivity contribution >= 4 is 28.2 Å². The van der Waals surface area contributed by atoms with E-state index in [1.54, 1.807) is 0 Å². The summed E-state index contributed by atoms with van der Waals surface area (Å²) in [5, 5.41) is 5.44. The molecule has 0 amide bonds. The SMILES string of the molecule is CC1(c2ccc(C3=C(NC4C=C(C5C=CC=CC5)C=C(C5=CC=CCC5)C4)CCC=C3)cc2)C=Cc2c(n(C3=CC=CC(c4ccccc4)C3)c3ccccc23)C1. The van der Waals surface area contributed by atoms with Gasteiger partial charge >= 0.3 is 0 Å². The first-order chi connectivity index (χ1) is 28.1. The van der Waals surface area contributed by atoms with Gasteiger partial charge in [-0.3, -0.25) is 0 Å². The molecule has 1 N–H and O–H groups in total. The van der Waals surface area contributed by atoms with E-state index in [1.165, 1.54) is 72.5 Å². The number of rotatable bonds is 8. The minimum Gasteiger partial charge on any atom is -0.381 e. The van der Waals surface area contributed by atoms with Crippen molar-refractivity contribution in [3.63, 3.8) is 0 Å². The second-order valence-corrected chi connectivity index (χ2v) is 16.9. The molecule has 0 saturated heterocycles. The topological polar surface area (TPSA) is 17.0 Å². The van der Waals surface area contributed by atoms with Gasteiger partial charge in [0.2, 0.25) is 0 Å². The van der Waals surface area contributed by atoms with Crippen molar-refractivity contribution < 1.29 is 0 Å². The average molecular weight is 741 g/mol. The van der Waals surface area contributed by atoms with Crippen LogP contribution in [0.2, 0.25) is 0 Å². The maximum atomic E-state index is 4.10. The van der Waals surface area contributed by atoms with E-state index < -0.39 is 0 Å². The van der Waals surface area contributed by atoms with Crippen LogP contribution in [0, 0.1) is 5.92 Å². The minimum atomic E-state index is -0.128. The molecule has 0 radical (unpaired) electrons. The zero-order valence-electron chi connectivity index (χ0n) is 33.1. The Kier molecular flexibility index (Phi) is 9.50. The lowest BCUT2D eigenvalue weighted by Gasteiger charge is -2.32. The Labute approximate surface area is 338 Å². The molecule has 4 aromatic rings. The predicted molar refractivity (Wildman–Crippen MR) is 242 cm³/mol. The van der Waals surface area contributed by atoms with Gasteiger partial charge in [0.15, 0.2) is 0 Å². The highest BCUT2D eigenvalue weighted by atomic mass is 15.0. The van der Waals surface area contributed by atoms with Gasteiger partial charge in [0.1, 0.15) is 0 Å². The maximum Gasteiger partial charge on any atom is 0.0534 e. The molecule has 2 heteroatoms. The van der Waals surface area contributed by atoms with Gasteiger partial charge in [0, 0.05) is 63.3 Å². The molecule has 1 aromatic heterocycles. The van der Waals surface area contributed by atoms with Gasteiger partial charge in [-0.15, -0.1) is 0 Å². The molecule has 3 aromatic carbocycles. The molecule has 10 rings (SSSR count). The number of fused-ring (bicyclic) bond motifs is 3. The fourth-order valence-electron chi connectivity index (χ4n) is 10.1. The summed E-state index contributed by atoms with van der Waals surface area (Å²) in [6, 6.07) is 29.7. The normalized spacial score (nSPS) is 25.2. The highest BCUT2D eigenvalue weighted by Gasteiger charge is 2.33. The summed E-state index contributed by atoms with van der Waals surface area (Å²) in [4.78, 5) is 0. The minimum absolute atomic E-state index is 0.128. The highest BCUT2D eigenvalue weighted by Crippen LogP contribution is 2.44. The third kappa shape index (κ3) is 6.97. The van der Waals surface area contributed by atoms with Crippen LogP contribution in [0.3, 0.4) is 0 Å². The molecule has 0 spiro atoms. The Morgan fingerprint density at radius 1 is 0.719 bits per heavy atom. The Balaban J connectivity index is 0.934. The summed E-state index contributed by atoms with van der Waals surface area (Å²) < 4.78 is 2.59. The number of aromatic nitrogens is 1. The first kappa shape index (κ1) is 35.5. The van der Waals surface area contributed by atoms with Crippen molar-refractivity contribution in [2.75, 3.05) is 0 Å². The summed E-state index contributed by atoms with van der Waals surface area (Å²) in [7, 11) is 0. The smallest absolute Gasteiger partial charge is 0.0534 e. The molecule has 6 aliphatic rings. The molecule has 0 aliphatic heterocycles. The summed E-state index contributed by atoms with van der Waals surface area (Å²) in [6.07, 6.45) is 45.9. The van der Waals surface area contributed by atoms with Gasteiger partial charge in [0.25, 0.3) is 0 Å². The lowest BCUT2D eigenvalue weighted by Crippen LogP contribution is -2.31. The number of hydrogen-bond donors (Lipinski definition) is 1. The van der Waals surface area contributed by atoms with E-state index in [1.807, 2.05) is 0 Å². The van der Waals surface area contributed by atoms with Crippen LogP contribution < -0.4 is 5.32 Å². The average Bonchev–Trinajstić information content (AvgIpc) is 3.60. The highest BCUT2D eigenvalue weighted by molar-refractivity contribution is 5.95. The molecular weight excluding hydrogens is 689 g/mol. The van der Waals surface area contributed by atoms with Gasteiger partial charge in [0.05, 0.1) is 5.52 Å². The Hall–Kier alpha value is -5.86. The van der Waals surface area contributed by atoms with Crippen LogP contribution >= 0.6 is 0 Å². The Morgan fingerprint density at radius 2 is 1.56 bits per heavy atom. The largest absolute Gasteiger partial charge is 0.381 e. The number of nitrogens with one attached hydrogen (secondary N) is 1. The van der Waals surface area contributed by atoms with Crippen LogP contribution in [0.15, 0.2) is 192 Å². The van der Waals surface area contributed by atoms with Crippen LogP contribution in [0.25, 0.3) is 28.2 Å². The molecule has 0 saturated carbocycles. The van der Waals surface area contributed by atoms with E-state index in [4.69, 9.17) is 0 Å². The summed E-state index contributed by atoms with van der Waals surface area (Å²) in [5.74, 6) is 0.813. The second kappa shape index (κ2) is 15.2. The van der Waals surface area contributed by atoms with Gasteiger partial charge in [-0.05, 0) is 90.5 Å². The van der Waals surface area contributed by atoms with Crippen molar-refractivity contribution in [2.45, 2.75) is 75.7 Å². The Bertz CT molecular complexity index is 2550. The van der Waals surface area contributed by atoms with Gasteiger partial charge in [-0.25, -0.2) is 0 Å². The fraction of sp³-hybridized carbons (Fsp3) is 0.236.